The van der Waals surface area contributed by atoms with E-state index in [9.17, 15) is 14.9 Å². The minimum atomic E-state index is -0.495. The summed E-state index contributed by atoms with van der Waals surface area (Å²) in [5.41, 5.74) is 6.26. The van der Waals surface area contributed by atoms with Gasteiger partial charge in [-0.15, -0.1) is 12.4 Å². The highest BCUT2D eigenvalue weighted by atomic mass is 35.5. The molecule has 2 heterocycles. The first-order valence-electron chi connectivity index (χ1n) is 6.26. The summed E-state index contributed by atoms with van der Waals surface area (Å²) in [6, 6.07) is 2.97. The molecular formula is C12H19ClN4O3. The monoisotopic (exact) mass is 302 g/mol. The van der Waals surface area contributed by atoms with Gasteiger partial charge in [0.15, 0.2) is 5.69 Å². The number of aromatic nitrogens is 1. The number of rotatable bonds is 2. The zero-order valence-corrected chi connectivity index (χ0v) is 12.3. The van der Waals surface area contributed by atoms with E-state index in [2.05, 4.69) is 0 Å². The van der Waals surface area contributed by atoms with Gasteiger partial charge in [0.2, 0.25) is 0 Å². The van der Waals surface area contributed by atoms with Crippen LogP contribution in [0.2, 0.25) is 0 Å². The van der Waals surface area contributed by atoms with Gasteiger partial charge in [-0.1, -0.05) is 6.92 Å². The van der Waals surface area contributed by atoms with Crippen LogP contribution in [-0.2, 0) is 7.05 Å². The maximum atomic E-state index is 12.4. The molecule has 0 aliphatic carbocycles. The van der Waals surface area contributed by atoms with Crippen molar-refractivity contribution >= 4 is 24.1 Å². The van der Waals surface area contributed by atoms with E-state index in [0.717, 1.165) is 6.42 Å². The zero-order valence-electron chi connectivity index (χ0n) is 11.5. The van der Waals surface area contributed by atoms with Crippen LogP contribution in [0.4, 0.5) is 5.82 Å². The van der Waals surface area contributed by atoms with Gasteiger partial charge in [0.1, 0.15) is 0 Å². The molecule has 1 aliphatic heterocycles. The van der Waals surface area contributed by atoms with Gasteiger partial charge in [-0.05, 0) is 23.3 Å². The van der Waals surface area contributed by atoms with Crippen LogP contribution in [0.3, 0.4) is 0 Å². The van der Waals surface area contributed by atoms with Crippen molar-refractivity contribution in [3.05, 3.63) is 27.9 Å². The van der Waals surface area contributed by atoms with Crippen molar-refractivity contribution in [2.45, 2.75) is 19.4 Å². The Labute approximate surface area is 123 Å². The molecule has 0 radical (unpaired) electrons. The Hall–Kier alpha value is -1.60. The summed E-state index contributed by atoms with van der Waals surface area (Å²) < 4.78 is 1.32. The number of nitro groups is 1. The minimum Gasteiger partial charge on any atom is -0.358 e. The quantitative estimate of drug-likeness (QED) is 0.655. The van der Waals surface area contributed by atoms with E-state index < -0.39 is 4.92 Å². The summed E-state index contributed by atoms with van der Waals surface area (Å²) in [7, 11) is 1.53. The molecule has 112 valence electrons. The van der Waals surface area contributed by atoms with Gasteiger partial charge in [0.05, 0.1) is 7.05 Å². The van der Waals surface area contributed by atoms with Crippen molar-refractivity contribution < 1.29 is 9.72 Å². The predicted molar refractivity (Wildman–Crippen MR) is 77.0 cm³/mol. The Bertz CT molecular complexity index is 517. The van der Waals surface area contributed by atoms with Gasteiger partial charge in [-0.25, -0.2) is 4.57 Å². The van der Waals surface area contributed by atoms with E-state index in [1.165, 1.54) is 23.7 Å². The number of nitrogens with zero attached hydrogens (tertiary/aromatic N) is 3. The second-order valence-corrected chi connectivity index (χ2v) is 5.07. The number of amides is 1. The van der Waals surface area contributed by atoms with Gasteiger partial charge in [-0.2, -0.15) is 0 Å². The van der Waals surface area contributed by atoms with Gasteiger partial charge >= 0.3 is 5.82 Å². The van der Waals surface area contributed by atoms with Crippen LogP contribution in [-0.4, -0.2) is 39.4 Å². The summed E-state index contributed by atoms with van der Waals surface area (Å²) in [5, 5.41) is 10.8. The highest BCUT2D eigenvalue weighted by Crippen LogP contribution is 2.20. The second-order valence-electron chi connectivity index (χ2n) is 5.07. The number of hydrogen-bond acceptors (Lipinski definition) is 4. The zero-order chi connectivity index (χ0) is 14.2. The molecule has 0 spiro atoms. The molecule has 0 aromatic carbocycles. The summed E-state index contributed by atoms with van der Waals surface area (Å²) in [5.74, 6) is -0.00702. The lowest BCUT2D eigenvalue weighted by molar-refractivity contribution is -0.391. The second kappa shape index (κ2) is 6.23. The summed E-state index contributed by atoms with van der Waals surface area (Å²) in [4.78, 5) is 24.3. The van der Waals surface area contributed by atoms with Crippen LogP contribution in [0.1, 0.15) is 23.8 Å². The average Bonchev–Trinajstić information content (AvgIpc) is 2.74. The number of likely N-dealkylation sites (tertiary alicyclic amines) is 1. The van der Waals surface area contributed by atoms with E-state index >= 15 is 0 Å². The molecule has 2 unspecified atom stereocenters. The SMILES string of the molecule is CC1CN(C(=O)c2ccc([N+](=O)[O-])n2C)CCC1N.Cl. The third-order valence-corrected chi connectivity index (χ3v) is 3.76. The average molecular weight is 303 g/mol. The fourth-order valence-electron chi connectivity index (χ4n) is 2.41. The first-order chi connectivity index (χ1) is 8.91. The molecule has 1 aliphatic rings. The van der Waals surface area contributed by atoms with E-state index in [-0.39, 0.29) is 36.1 Å². The molecule has 1 aromatic heterocycles. The molecule has 20 heavy (non-hydrogen) atoms. The van der Waals surface area contributed by atoms with Crippen molar-refractivity contribution in [3.63, 3.8) is 0 Å². The lowest BCUT2D eigenvalue weighted by Crippen LogP contribution is -2.48. The van der Waals surface area contributed by atoms with Gasteiger partial charge < -0.3 is 20.7 Å². The van der Waals surface area contributed by atoms with Crippen molar-refractivity contribution in [2.24, 2.45) is 18.7 Å². The fraction of sp³-hybridized carbons (Fsp3) is 0.583. The number of piperidine rings is 1. The highest BCUT2D eigenvalue weighted by molar-refractivity contribution is 5.93. The molecular weight excluding hydrogens is 284 g/mol. The number of carbonyl (C=O) groups is 1. The lowest BCUT2D eigenvalue weighted by atomic mass is 9.94. The van der Waals surface area contributed by atoms with Crippen molar-refractivity contribution in [2.75, 3.05) is 13.1 Å². The summed E-state index contributed by atoms with van der Waals surface area (Å²) in [6.45, 7) is 3.21. The van der Waals surface area contributed by atoms with Crippen LogP contribution >= 0.6 is 12.4 Å². The Morgan fingerprint density at radius 1 is 1.50 bits per heavy atom. The molecule has 1 aromatic rings. The summed E-state index contributed by atoms with van der Waals surface area (Å²) >= 11 is 0. The number of nitrogens with two attached hydrogens (primary N) is 1. The van der Waals surface area contributed by atoms with E-state index in [1.807, 2.05) is 6.92 Å². The van der Waals surface area contributed by atoms with Crippen LogP contribution in [0.15, 0.2) is 12.1 Å². The largest absolute Gasteiger partial charge is 0.358 e. The third kappa shape index (κ3) is 2.94. The topological polar surface area (TPSA) is 94.4 Å². The molecule has 2 atom stereocenters. The fourth-order valence-corrected chi connectivity index (χ4v) is 2.41. The Balaban J connectivity index is 0.00000200. The van der Waals surface area contributed by atoms with Gasteiger partial charge in [-0.3, -0.25) is 4.79 Å². The number of halogens is 1. The predicted octanol–water partition coefficient (Wildman–Crippen LogP) is 1.16. The molecule has 2 N–H and O–H groups in total. The van der Waals surface area contributed by atoms with Gasteiger partial charge in [0.25, 0.3) is 5.91 Å². The smallest absolute Gasteiger partial charge is 0.323 e. The Morgan fingerprint density at radius 2 is 2.15 bits per heavy atom. The first-order valence-corrected chi connectivity index (χ1v) is 6.26. The molecule has 2 rings (SSSR count). The normalized spacial score (nSPS) is 22.2. The highest BCUT2D eigenvalue weighted by Gasteiger charge is 2.30. The maximum Gasteiger partial charge on any atom is 0.323 e. The molecule has 7 nitrogen and oxygen atoms in total. The Kier molecular flexibility index (Phi) is 5.13. The number of hydrogen-bond donors (Lipinski definition) is 1. The molecule has 1 amide bonds. The standard InChI is InChI=1S/C12H18N4O3.ClH/c1-8-7-15(6-5-9(8)13)12(17)10-3-4-11(14(10)2)16(18)19;/h3-4,8-9H,5-7,13H2,1-2H3;1H. The third-order valence-electron chi connectivity index (χ3n) is 3.76. The van der Waals surface area contributed by atoms with E-state index in [0.29, 0.717) is 18.8 Å². The molecule has 0 saturated carbocycles. The minimum absolute atomic E-state index is 0. The van der Waals surface area contributed by atoms with Crippen LogP contribution in [0, 0.1) is 16.0 Å². The molecule has 8 heteroatoms. The van der Waals surface area contributed by atoms with Gasteiger partial charge in [0, 0.05) is 25.2 Å². The van der Waals surface area contributed by atoms with Crippen LogP contribution < -0.4 is 5.73 Å². The molecule has 0 bridgehead atoms. The van der Waals surface area contributed by atoms with E-state index in [4.69, 9.17) is 5.73 Å². The Morgan fingerprint density at radius 3 is 2.65 bits per heavy atom. The summed E-state index contributed by atoms with van der Waals surface area (Å²) in [6.07, 6.45) is 0.763. The maximum absolute atomic E-state index is 12.4. The van der Waals surface area contributed by atoms with Crippen LogP contribution in [0.5, 0.6) is 0 Å². The molecule has 1 fully saturated rings. The van der Waals surface area contributed by atoms with Crippen molar-refractivity contribution in [3.8, 4) is 0 Å². The van der Waals surface area contributed by atoms with Crippen LogP contribution in [0.25, 0.3) is 0 Å². The van der Waals surface area contributed by atoms with Crippen molar-refractivity contribution in [1.82, 2.24) is 9.47 Å². The number of carbonyl (C=O) groups excluding carboxylic acids is 1. The first kappa shape index (κ1) is 16.5. The van der Waals surface area contributed by atoms with E-state index in [1.54, 1.807) is 4.90 Å². The lowest BCUT2D eigenvalue weighted by Gasteiger charge is -2.34. The van der Waals surface area contributed by atoms with Crippen molar-refractivity contribution in [1.29, 1.82) is 0 Å². The molecule has 1 saturated heterocycles.